The van der Waals surface area contributed by atoms with Crippen LogP contribution in [0.5, 0.6) is 0 Å². The van der Waals surface area contributed by atoms with E-state index in [0.717, 1.165) is 19.0 Å². The standard InChI is InChI=1S/C13H19N3O2/c1-2-10-4-3-5-16(7-10)8-12-11(13(17)18)6-14-9-15-12/h6,9-10H,2-5,7-8H2,1H3,(H,17,18). The van der Waals surface area contributed by atoms with E-state index in [4.69, 9.17) is 5.11 Å². The maximum Gasteiger partial charge on any atom is 0.339 e. The number of rotatable bonds is 4. The summed E-state index contributed by atoms with van der Waals surface area (Å²) in [7, 11) is 0. The van der Waals surface area contributed by atoms with E-state index in [0.29, 0.717) is 12.2 Å². The van der Waals surface area contributed by atoms with Gasteiger partial charge in [0, 0.05) is 19.3 Å². The third-order valence-corrected chi connectivity index (χ3v) is 3.58. The molecule has 1 N–H and O–H groups in total. The molecular weight excluding hydrogens is 230 g/mol. The van der Waals surface area contributed by atoms with Crippen LogP contribution in [-0.2, 0) is 6.54 Å². The molecule has 0 amide bonds. The second-order valence-corrected chi connectivity index (χ2v) is 4.84. The zero-order chi connectivity index (χ0) is 13.0. The number of nitrogens with zero attached hydrogens (tertiary/aromatic N) is 3. The summed E-state index contributed by atoms with van der Waals surface area (Å²) >= 11 is 0. The Hall–Kier alpha value is -1.49. The summed E-state index contributed by atoms with van der Waals surface area (Å²) in [6.45, 7) is 4.89. The first-order chi connectivity index (χ1) is 8.70. The number of carboxylic acid groups (broad SMARTS) is 1. The van der Waals surface area contributed by atoms with Crippen LogP contribution in [0.2, 0.25) is 0 Å². The Morgan fingerprint density at radius 2 is 2.44 bits per heavy atom. The van der Waals surface area contributed by atoms with Crippen molar-refractivity contribution in [3.63, 3.8) is 0 Å². The lowest BCUT2D eigenvalue weighted by Gasteiger charge is -2.32. The maximum absolute atomic E-state index is 11.1. The van der Waals surface area contributed by atoms with Crippen molar-refractivity contribution in [1.82, 2.24) is 14.9 Å². The SMILES string of the molecule is CCC1CCCN(Cc2ncncc2C(=O)O)C1. The van der Waals surface area contributed by atoms with Crippen LogP contribution in [-0.4, -0.2) is 39.0 Å². The van der Waals surface area contributed by atoms with Crippen LogP contribution in [0.1, 0.15) is 42.2 Å². The molecule has 0 bridgehead atoms. The normalized spacial score (nSPS) is 20.8. The summed E-state index contributed by atoms with van der Waals surface area (Å²) in [5.74, 6) is -0.219. The van der Waals surface area contributed by atoms with E-state index in [1.54, 1.807) is 0 Å². The summed E-state index contributed by atoms with van der Waals surface area (Å²) < 4.78 is 0. The van der Waals surface area contributed by atoms with Crippen LogP contribution in [0.15, 0.2) is 12.5 Å². The van der Waals surface area contributed by atoms with Crippen molar-refractivity contribution in [3.05, 3.63) is 23.8 Å². The molecule has 1 unspecified atom stereocenters. The first-order valence-electron chi connectivity index (χ1n) is 6.45. The van der Waals surface area contributed by atoms with Crippen LogP contribution in [0.25, 0.3) is 0 Å². The Balaban J connectivity index is 2.07. The van der Waals surface area contributed by atoms with Gasteiger partial charge in [-0.2, -0.15) is 0 Å². The smallest absolute Gasteiger partial charge is 0.339 e. The number of aromatic nitrogens is 2. The molecular formula is C13H19N3O2. The van der Waals surface area contributed by atoms with E-state index in [2.05, 4.69) is 21.8 Å². The summed E-state index contributed by atoms with van der Waals surface area (Å²) in [5.41, 5.74) is 0.838. The van der Waals surface area contributed by atoms with Crippen LogP contribution in [0.4, 0.5) is 0 Å². The lowest BCUT2D eigenvalue weighted by molar-refractivity contribution is 0.0692. The molecule has 1 fully saturated rings. The Labute approximate surface area is 107 Å². The highest BCUT2D eigenvalue weighted by Crippen LogP contribution is 2.21. The van der Waals surface area contributed by atoms with Gasteiger partial charge in [0.25, 0.3) is 0 Å². The molecule has 0 aliphatic carbocycles. The summed E-state index contributed by atoms with van der Waals surface area (Å²) in [6.07, 6.45) is 6.45. The van der Waals surface area contributed by atoms with Gasteiger partial charge in [-0.25, -0.2) is 14.8 Å². The number of hydrogen-bond donors (Lipinski definition) is 1. The molecule has 0 radical (unpaired) electrons. The fourth-order valence-corrected chi connectivity index (χ4v) is 2.50. The Morgan fingerprint density at radius 1 is 1.61 bits per heavy atom. The van der Waals surface area contributed by atoms with Crippen molar-refractivity contribution in [2.24, 2.45) is 5.92 Å². The summed E-state index contributed by atoms with van der Waals surface area (Å²) in [6, 6.07) is 0. The number of hydrogen-bond acceptors (Lipinski definition) is 4. The van der Waals surface area contributed by atoms with Gasteiger partial charge in [-0.3, -0.25) is 4.90 Å². The van der Waals surface area contributed by atoms with Gasteiger partial charge < -0.3 is 5.11 Å². The summed E-state index contributed by atoms with van der Waals surface area (Å²) in [4.78, 5) is 21.3. The lowest BCUT2D eigenvalue weighted by Crippen LogP contribution is -2.35. The Morgan fingerprint density at radius 3 is 3.17 bits per heavy atom. The fraction of sp³-hybridized carbons (Fsp3) is 0.615. The molecule has 1 aromatic heterocycles. The molecule has 1 saturated heterocycles. The molecule has 98 valence electrons. The first-order valence-corrected chi connectivity index (χ1v) is 6.45. The van der Waals surface area contributed by atoms with Gasteiger partial charge in [0.15, 0.2) is 0 Å². The van der Waals surface area contributed by atoms with E-state index in [1.165, 1.54) is 31.8 Å². The van der Waals surface area contributed by atoms with Crippen molar-refractivity contribution in [3.8, 4) is 0 Å². The predicted octanol–water partition coefficient (Wildman–Crippen LogP) is 1.80. The minimum Gasteiger partial charge on any atom is -0.478 e. The van der Waals surface area contributed by atoms with E-state index < -0.39 is 5.97 Å². The van der Waals surface area contributed by atoms with Gasteiger partial charge >= 0.3 is 5.97 Å². The molecule has 1 atom stereocenters. The zero-order valence-electron chi connectivity index (χ0n) is 10.7. The van der Waals surface area contributed by atoms with Gasteiger partial charge in [-0.1, -0.05) is 13.3 Å². The quantitative estimate of drug-likeness (QED) is 0.881. The number of likely N-dealkylation sites (tertiary alicyclic amines) is 1. The second-order valence-electron chi connectivity index (χ2n) is 4.84. The van der Waals surface area contributed by atoms with E-state index in [-0.39, 0.29) is 5.56 Å². The van der Waals surface area contributed by atoms with Crippen molar-refractivity contribution >= 4 is 5.97 Å². The van der Waals surface area contributed by atoms with Crippen molar-refractivity contribution < 1.29 is 9.90 Å². The molecule has 18 heavy (non-hydrogen) atoms. The third-order valence-electron chi connectivity index (χ3n) is 3.58. The Bertz CT molecular complexity index is 422. The van der Waals surface area contributed by atoms with E-state index in [9.17, 15) is 4.79 Å². The number of carbonyl (C=O) groups is 1. The minimum atomic E-state index is -0.949. The maximum atomic E-state index is 11.1. The van der Waals surface area contributed by atoms with Crippen LogP contribution in [0, 0.1) is 5.92 Å². The third kappa shape index (κ3) is 3.04. The van der Waals surface area contributed by atoms with Gasteiger partial charge in [0.1, 0.15) is 11.9 Å². The van der Waals surface area contributed by atoms with Gasteiger partial charge in [-0.05, 0) is 25.3 Å². The monoisotopic (exact) mass is 249 g/mol. The molecule has 1 aliphatic heterocycles. The van der Waals surface area contributed by atoms with Crippen molar-refractivity contribution in [1.29, 1.82) is 0 Å². The van der Waals surface area contributed by atoms with Crippen LogP contribution >= 0.6 is 0 Å². The fourth-order valence-electron chi connectivity index (χ4n) is 2.50. The molecule has 0 aromatic carbocycles. The average molecular weight is 249 g/mol. The predicted molar refractivity (Wildman–Crippen MR) is 67.3 cm³/mol. The van der Waals surface area contributed by atoms with E-state index >= 15 is 0 Å². The summed E-state index contributed by atoms with van der Waals surface area (Å²) in [5, 5.41) is 9.09. The molecule has 1 aliphatic rings. The van der Waals surface area contributed by atoms with Gasteiger partial charge in [0.05, 0.1) is 5.69 Å². The number of piperidine rings is 1. The topological polar surface area (TPSA) is 66.3 Å². The molecule has 2 heterocycles. The molecule has 2 rings (SSSR count). The molecule has 0 saturated carbocycles. The average Bonchev–Trinajstić information content (AvgIpc) is 2.39. The molecule has 5 nitrogen and oxygen atoms in total. The van der Waals surface area contributed by atoms with Gasteiger partial charge in [0.2, 0.25) is 0 Å². The van der Waals surface area contributed by atoms with E-state index in [1.807, 2.05) is 0 Å². The minimum absolute atomic E-state index is 0.219. The molecule has 1 aromatic rings. The zero-order valence-corrected chi connectivity index (χ0v) is 10.7. The second kappa shape index (κ2) is 5.91. The van der Waals surface area contributed by atoms with Crippen molar-refractivity contribution in [2.75, 3.05) is 13.1 Å². The molecule has 5 heteroatoms. The first kappa shape index (κ1) is 13.0. The Kier molecular flexibility index (Phi) is 4.25. The largest absolute Gasteiger partial charge is 0.478 e. The highest BCUT2D eigenvalue weighted by atomic mass is 16.4. The number of aromatic carboxylic acids is 1. The molecule has 0 spiro atoms. The van der Waals surface area contributed by atoms with Crippen LogP contribution < -0.4 is 0 Å². The van der Waals surface area contributed by atoms with Crippen molar-refractivity contribution in [2.45, 2.75) is 32.7 Å². The highest BCUT2D eigenvalue weighted by Gasteiger charge is 2.21. The van der Waals surface area contributed by atoms with Crippen LogP contribution in [0.3, 0.4) is 0 Å². The lowest BCUT2D eigenvalue weighted by atomic mass is 9.95. The highest BCUT2D eigenvalue weighted by molar-refractivity contribution is 5.88. The number of carboxylic acids is 1. The van der Waals surface area contributed by atoms with Gasteiger partial charge in [-0.15, -0.1) is 0 Å².